The Balaban J connectivity index is 2.44. The van der Waals surface area contributed by atoms with Gasteiger partial charge in [0.1, 0.15) is 5.75 Å². The van der Waals surface area contributed by atoms with Gasteiger partial charge in [-0.1, -0.05) is 142 Å². The maximum Gasteiger partial charge on any atom is 0.330 e. The van der Waals surface area contributed by atoms with E-state index in [4.69, 9.17) is 22.0 Å². The van der Waals surface area contributed by atoms with E-state index >= 15 is 0 Å². The molecule has 0 amide bonds. The van der Waals surface area contributed by atoms with Gasteiger partial charge < -0.3 is 9.39 Å². The lowest BCUT2D eigenvalue weighted by Gasteiger charge is -2.38. The van der Waals surface area contributed by atoms with E-state index in [1.165, 1.54) is 134 Å². The van der Waals surface area contributed by atoms with E-state index < -0.39 is 0 Å². The fourth-order valence-electron chi connectivity index (χ4n) is 5.11. The van der Waals surface area contributed by atoms with Gasteiger partial charge in [0.05, 0.1) is 12.2 Å². The van der Waals surface area contributed by atoms with Crippen LogP contribution in [0, 0.1) is 0 Å². The van der Waals surface area contributed by atoms with Crippen LogP contribution in [0.2, 0.25) is 0 Å². The van der Waals surface area contributed by atoms with Gasteiger partial charge in [0, 0.05) is 4.75 Å². The number of hydrogen-bond donors (Lipinski definition) is 1. The first kappa shape index (κ1) is 38.4. The Morgan fingerprint density at radius 2 is 1.02 bits per heavy atom. The zero-order valence-electron chi connectivity index (χ0n) is 28.3. The van der Waals surface area contributed by atoms with Crippen molar-refractivity contribution in [2.75, 3.05) is 6.61 Å². The van der Waals surface area contributed by atoms with Gasteiger partial charge in [0.15, 0.2) is 0 Å². The Kier molecular flexibility index (Phi) is 22.3. The lowest BCUT2D eigenvalue weighted by molar-refractivity contribution is 0.0854. The summed E-state index contributed by atoms with van der Waals surface area (Å²) >= 11 is 4.76. The predicted molar refractivity (Wildman–Crippen MR) is 188 cm³/mol. The van der Waals surface area contributed by atoms with E-state index in [0.29, 0.717) is 0 Å². The molecule has 0 unspecified atom stereocenters. The third-order valence-corrected chi connectivity index (χ3v) is 9.33. The van der Waals surface area contributed by atoms with Gasteiger partial charge in [0.2, 0.25) is 0 Å². The molecule has 0 spiro atoms. The summed E-state index contributed by atoms with van der Waals surface area (Å²) in [6.07, 6.45) is 29.7. The van der Waals surface area contributed by atoms with Crippen LogP contribution in [0.1, 0.15) is 182 Å². The Morgan fingerprint density at radius 1 is 0.585 bits per heavy atom. The van der Waals surface area contributed by atoms with Gasteiger partial charge >= 0.3 is 7.48 Å². The van der Waals surface area contributed by atoms with Gasteiger partial charge in [-0.3, -0.25) is 0 Å². The van der Waals surface area contributed by atoms with Crippen molar-refractivity contribution in [3.05, 3.63) is 23.8 Å². The summed E-state index contributed by atoms with van der Waals surface area (Å²) in [5.41, 5.74) is 2.08. The molecule has 0 bridgehead atoms. The molecule has 2 nitrogen and oxygen atoms in total. The quantitative estimate of drug-likeness (QED) is 0.0597. The van der Waals surface area contributed by atoms with Crippen LogP contribution in [0.25, 0.3) is 0 Å². The topological polar surface area (TPSA) is 18.5 Å². The molecule has 0 atom stereocenters. The molecule has 0 N–H and O–H groups in total. The first-order chi connectivity index (χ1) is 19.7. The first-order valence-electron chi connectivity index (χ1n) is 17.7. The molecule has 1 aromatic carbocycles. The molecule has 0 aromatic heterocycles. The van der Waals surface area contributed by atoms with Crippen molar-refractivity contribution in [1.82, 2.24) is 0 Å². The molecule has 0 aliphatic carbocycles. The third-order valence-electron chi connectivity index (χ3n) is 8.79. The van der Waals surface area contributed by atoms with Crippen LogP contribution < -0.4 is 10.2 Å². The van der Waals surface area contributed by atoms with Crippen LogP contribution in [0.5, 0.6) is 5.75 Å². The molecular formula is C37H68BO2S. The monoisotopic (exact) mass is 588 g/mol. The van der Waals surface area contributed by atoms with Crippen LogP contribution in [0.3, 0.4) is 0 Å². The van der Waals surface area contributed by atoms with Crippen LogP contribution in [-0.4, -0.2) is 24.4 Å². The van der Waals surface area contributed by atoms with E-state index in [1.54, 1.807) is 0 Å². The van der Waals surface area contributed by atoms with Crippen LogP contribution in [0.15, 0.2) is 18.2 Å². The standard InChI is InChI=1S/C37H68BO2S/c1-7-9-11-13-15-17-18-19-20-21-22-24-26-28-33-30-34(38-40-36(3,4)37(5,6)41)32-35(31-33)39-29-27-25-23-16-14-12-10-8-2/h30-32,41H,7-29H2,1-6H3. The van der Waals surface area contributed by atoms with Crippen molar-refractivity contribution in [1.29, 1.82) is 0 Å². The minimum absolute atomic E-state index is 0.244. The summed E-state index contributed by atoms with van der Waals surface area (Å²) in [4.78, 5) is 0. The number of hydrogen-bond acceptors (Lipinski definition) is 3. The van der Waals surface area contributed by atoms with E-state index in [9.17, 15) is 0 Å². The van der Waals surface area contributed by atoms with Crippen LogP contribution in [0.4, 0.5) is 0 Å². The molecule has 1 aromatic rings. The third kappa shape index (κ3) is 20.1. The molecule has 41 heavy (non-hydrogen) atoms. The summed E-state index contributed by atoms with van der Waals surface area (Å²) in [7, 11) is 1.91. The van der Waals surface area contributed by atoms with Crippen molar-refractivity contribution in [2.45, 2.75) is 193 Å². The van der Waals surface area contributed by atoms with E-state index in [0.717, 1.165) is 30.7 Å². The van der Waals surface area contributed by atoms with Gasteiger partial charge in [-0.2, -0.15) is 12.6 Å². The number of rotatable bonds is 28. The van der Waals surface area contributed by atoms with Crippen molar-refractivity contribution in [3.63, 3.8) is 0 Å². The molecule has 0 heterocycles. The number of benzene rings is 1. The molecule has 4 heteroatoms. The zero-order chi connectivity index (χ0) is 30.2. The summed E-state index contributed by atoms with van der Waals surface area (Å²) in [5, 5.41) is 0. The normalized spacial score (nSPS) is 12.2. The first-order valence-corrected chi connectivity index (χ1v) is 18.1. The lowest BCUT2D eigenvalue weighted by Crippen LogP contribution is -2.45. The summed E-state index contributed by atoms with van der Waals surface area (Å²) < 4.78 is 12.3. The summed E-state index contributed by atoms with van der Waals surface area (Å²) in [6.45, 7) is 13.8. The predicted octanol–water partition coefficient (Wildman–Crippen LogP) is 11.6. The Bertz CT molecular complexity index is 743. The maximum absolute atomic E-state index is 6.26. The van der Waals surface area contributed by atoms with Crippen molar-refractivity contribution in [3.8, 4) is 5.75 Å². The minimum Gasteiger partial charge on any atom is -0.494 e. The fourth-order valence-corrected chi connectivity index (χ4v) is 5.17. The average Bonchev–Trinajstić information content (AvgIpc) is 2.93. The maximum atomic E-state index is 6.26. The van der Waals surface area contributed by atoms with Gasteiger partial charge in [-0.15, -0.1) is 0 Å². The molecular weight excluding hydrogens is 519 g/mol. The van der Waals surface area contributed by atoms with Crippen molar-refractivity contribution < 1.29 is 9.39 Å². The zero-order valence-corrected chi connectivity index (χ0v) is 29.2. The molecule has 0 aliphatic rings. The number of ether oxygens (including phenoxy) is 1. The highest BCUT2D eigenvalue weighted by Crippen LogP contribution is 2.30. The molecule has 1 radical (unpaired) electrons. The molecule has 0 saturated heterocycles. The SMILES string of the molecule is CCCCCCCCCCCCCCCc1cc([B]OC(C)(C)C(C)(C)S)cc(OCCCCCCCCCC)c1. The largest absolute Gasteiger partial charge is 0.494 e. The molecule has 0 fully saturated rings. The van der Waals surface area contributed by atoms with Crippen LogP contribution in [-0.2, 0) is 11.1 Å². The second-order valence-electron chi connectivity index (χ2n) is 13.5. The van der Waals surface area contributed by atoms with Gasteiger partial charge in [0.25, 0.3) is 0 Å². The number of unbranched alkanes of at least 4 members (excludes halogenated alkanes) is 19. The second-order valence-corrected chi connectivity index (χ2v) is 14.6. The Morgan fingerprint density at radius 3 is 1.49 bits per heavy atom. The van der Waals surface area contributed by atoms with E-state index in [1.807, 2.05) is 7.48 Å². The Hall–Kier alpha value is -0.605. The fraction of sp³-hybridized carbons (Fsp3) is 0.838. The molecule has 0 saturated carbocycles. The average molecular weight is 588 g/mol. The minimum atomic E-state index is -0.376. The molecule has 237 valence electrons. The van der Waals surface area contributed by atoms with E-state index in [2.05, 4.69) is 59.7 Å². The second kappa shape index (κ2) is 23.8. The number of thiol groups is 1. The summed E-state index contributed by atoms with van der Waals surface area (Å²) in [5.74, 6) is 0.984. The van der Waals surface area contributed by atoms with E-state index in [-0.39, 0.29) is 10.3 Å². The highest BCUT2D eigenvalue weighted by Gasteiger charge is 2.34. The Labute approximate surface area is 263 Å². The molecule has 1 rings (SSSR count). The smallest absolute Gasteiger partial charge is 0.330 e. The summed E-state index contributed by atoms with van der Waals surface area (Å²) in [6, 6.07) is 6.68. The highest BCUT2D eigenvalue weighted by atomic mass is 32.1. The van der Waals surface area contributed by atoms with Crippen LogP contribution >= 0.6 is 12.6 Å². The van der Waals surface area contributed by atoms with Crippen molar-refractivity contribution >= 4 is 25.6 Å². The molecule has 0 aliphatic heterocycles. The lowest BCUT2D eigenvalue weighted by atomic mass is 9.82. The van der Waals surface area contributed by atoms with Gasteiger partial charge in [-0.05, 0) is 70.1 Å². The van der Waals surface area contributed by atoms with Gasteiger partial charge in [-0.25, -0.2) is 0 Å². The highest BCUT2D eigenvalue weighted by molar-refractivity contribution is 7.81. The number of aryl methyl sites for hydroxylation is 1. The van der Waals surface area contributed by atoms with Crippen molar-refractivity contribution in [2.24, 2.45) is 0 Å².